The molecule has 2 aliphatic rings. The summed E-state index contributed by atoms with van der Waals surface area (Å²) in [7, 11) is 1.91. The fourth-order valence-corrected chi connectivity index (χ4v) is 4.12. The van der Waals surface area contributed by atoms with Crippen LogP contribution in [-0.2, 0) is 24.8 Å². The molecule has 1 amide bonds. The molecular weight excluding hydrogens is 316 g/mol. The van der Waals surface area contributed by atoms with Crippen LogP contribution in [0.2, 0.25) is 0 Å². The summed E-state index contributed by atoms with van der Waals surface area (Å²) >= 11 is 0. The van der Waals surface area contributed by atoms with E-state index in [2.05, 4.69) is 25.3 Å². The number of H-pyrrole nitrogens is 1. The highest BCUT2D eigenvalue weighted by Gasteiger charge is 2.35. The predicted molar refractivity (Wildman–Crippen MR) is 93.7 cm³/mol. The van der Waals surface area contributed by atoms with Gasteiger partial charge in [-0.3, -0.25) is 9.48 Å². The third-order valence-electron chi connectivity index (χ3n) is 5.41. The normalized spacial score (nSPS) is 21.1. The van der Waals surface area contributed by atoms with Crippen LogP contribution in [-0.4, -0.2) is 43.1 Å². The average molecular weight is 342 g/mol. The molecule has 2 N–H and O–H groups in total. The van der Waals surface area contributed by atoms with E-state index >= 15 is 0 Å². The zero-order valence-corrected chi connectivity index (χ0v) is 14.7. The van der Waals surface area contributed by atoms with Crippen molar-refractivity contribution in [3.05, 3.63) is 35.7 Å². The Labute approximate surface area is 147 Å². The Kier molecular flexibility index (Phi) is 4.57. The Balaban J connectivity index is 1.59. The molecule has 1 atom stereocenters. The summed E-state index contributed by atoms with van der Waals surface area (Å²) in [6.07, 6.45) is 12.3. The van der Waals surface area contributed by atoms with Crippen molar-refractivity contribution in [1.29, 1.82) is 0 Å². The van der Waals surface area contributed by atoms with E-state index in [-0.39, 0.29) is 11.9 Å². The van der Waals surface area contributed by atoms with Gasteiger partial charge in [0.1, 0.15) is 6.04 Å². The fraction of sp³-hybridized carbons (Fsp3) is 0.611. The summed E-state index contributed by atoms with van der Waals surface area (Å²) < 4.78 is 1.80. The number of fused-ring (bicyclic) bond motifs is 1. The van der Waals surface area contributed by atoms with Crippen LogP contribution in [0.4, 0.5) is 0 Å². The van der Waals surface area contributed by atoms with Crippen molar-refractivity contribution in [2.75, 3.05) is 6.54 Å². The smallest absolute Gasteiger partial charge is 0.246 e. The molecule has 1 aliphatic carbocycles. The number of nitrogens with zero attached hydrogens (tertiary/aromatic N) is 4. The van der Waals surface area contributed by atoms with Crippen molar-refractivity contribution in [1.82, 2.24) is 30.0 Å². The lowest BCUT2D eigenvalue weighted by Gasteiger charge is -2.37. The van der Waals surface area contributed by atoms with Crippen molar-refractivity contribution < 1.29 is 4.79 Å². The summed E-state index contributed by atoms with van der Waals surface area (Å²) in [5.74, 6) is 0.142. The molecule has 0 aromatic carbocycles. The monoisotopic (exact) mass is 342 g/mol. The maximum Gasteiger partial charge on any atom is 0.246 e. The highest BCUT2D eigenvalue weighted by atomic mass is 16.2. The lowest BCUT2D eigenvalue weighted by atomic mass is 9.92. The second-order valence-electron chi connectivity index (χ2n) is 7.18. The minimum Gasteiger partial charge on any atom is -0.348 e. The molecule has 0 unspecified atom stereocenters. The van der Waals surface area contributed by atoms with Gasteiger partial charge in [-0.1, -0.05) is 19.3 Å². The molecular formula is C18H26N6O. The Morgan fingerprint density at radius 2 is 2.20 bits per heavy atom. The molecule has 3 heterocycles. The first-order valence-electron chi connectivity index (χ1n) is 9.26. The van der Waals surface area contributed by atoms with Gasteiger partial charge in [0.2, 0.25) is 5.91 Å². The molecule has 1 fully saturated rings. The summed E-state index contributed by atoms with van der Waals surface area (Å²) in [5, 5.41) is 7.64. The summed E-state index contributed by atoms with van der Waals surface area (Å²) in [6.45, 7) is 1.42. The van der Waals surface area contributed by atoms with Crippen molar-refractivity contribution in [2.24, 2.45) is 7.05 Å². The molecule has 7 heteroatoms. The Bertz CT molecular complexity index is 730. The first-order chi connectivity index (χ1) is 12.2. The van der Waals surface area contributed by atoms with Gasteiger partial charge in [-0.15, -0.1) is 0 Å². The number of aromatic nitrogens is 4. The van der Waals surface area contributed by atoms with Gasteiger partial charge in [0.25, 0.3) is 0 Å². The van der Waals surface area contributed by atoms with E-state index in [1.165, 1.54) is 19.3 Å². The number of carbonyl (C=O) groups is 1. The Morgan fingerprint density at radius 1 is 1.36 bits per heavy atom. The molecule has 4 rings (SSSR count). The highest BCUT2D eigenvalue weighted by Crippen LogP contribution is 2.28. The van der Waals surface area contributed by atoms with Crippen LogP contribution in [0.1, 0.15) is 55.1 Å². The maximum atomic E-state index is 13.5. The van der Waals surface area contributed by atoms with E-state index < -0.39 is 0 Å². The van der Waals surface area contributed by atoms with Crippen LogP contribution < -0.4 is 5.32 Å². The van der Waals surface area contributed by atoms with Crippen molar-refractivity contribution in [3.8, 4) is 0 Å². The van der Waals surface area contributed by atoms with Gasteiger partial charge in [-0.25, -0.2) is 4.98 Å². The maximum absolute atomic E-state index is 13.5. The highest BCUT2D eigenvalue weighted by molar-refractivity contribution is 5.83. The fourth-order valence-electron chi connectivity index (χ4n) is 4.12. The Morgan fingerprint density at radius 3 is 2.96 bits per heavy atom. The zero-order chi connectivity index (χ0) is 17.2. The third-order valence-corrected chi connectivity index (χ3v) is 5.41. The average Bonchev–Trinajstić information content (AvgIpc) is 3.28. The summed E-state index contributed by atoms with van der Waals surface area (Å²) in [6, 6.07) is -0.0267. The third kappa shape index (κ3) is 3.33. The minimum atomic E-state index is -0.339. The largest absolute Gasteiger partial charge is 0.348 e. The standard InChI is InChI=1S/C18H26N6O/c1-23-10-13(9-22-23)11-24(14-5-3-2-4-6-14)18(25)17-16-15(7-8-19-17)20-12-21-16/h9-10,12,14,17,19H,2-8,11H2,1H3,(H,20,21)/t17-/m0/s1. The number of aryl methyl sites for hydroxylation is 1. The van der Waals surface area contributed by atoms with E-state index in [9.17, 15) is 4.79 Å². The van der Waals surface area contributed by atoms with Crippen molar-refractivity contribution in [3.63, 3.8) is 0 Å². The van der Waals surface area contributed by atoms with Gasteiger partial charge in [0, 0.05) is 50.1 Å². The van der Waals surface area contributed by atoms with E-state index in [0.717, 1.165) is 42.8 Å². The molecule has 2 aromatic heterocycles. The van der Waals surface area contributed by atoms with Gasteiger partial charge in [0.15, 0.2) is 0 Å². The van der Waals surface area contributed by atoms with Crippen molar-refractivity contribution >= 4 is 5.91 Å². The lowest BCUT2D eigenvalue weighted by Crippen LogP contribution is -2.48. The van der Waals surface area contributed by atoms with Crippen molar-refractivity contribution in [2.45, 2.75) is 57.2 Å². The predicted octanol–water partition coefficient (Wildman–Crippen LogP) is 1.69. The molecule has 25 heavy (non-hydrogen) atoms. The molecule has 0 saturated heterocycles. The molecule has 0 bridgehead atoms. The second kappa shape index (κ2) is 7.00. The molecule has 134 valence electrons. The van der Waals surface area contributed by atoms with Crippen LogP contribution >= 0.6 is 0 Å². The van der Waals surface area contributed by atoms with Crippen LogP contribution in [0.5, 0.6) is 0 Å². The molecule has 1 saturated carbocycles. The quantitative estimate of drug-likeness (QED) is 0.886. The van der Waals surface area contributed by atoms with E-state index in [0.29, 0.717) is 12.6 Å². The molecule has 0 spiro atoms. The number of imidazole rings is 1. The van der Waals surface area contributed by atoms with Crippen LogP contribution in [0.3, 0.4) is 0 Å². The second-order valence-corrected chi connectivity index (χ2v) is 7.18. The lowest BCUT2D eigenvalue weighted by molar-refractivity contribution is -0.137. The van der Waals surface area contributed by atoms with E-state index in [1.54, 1.807) is 11.0 Å². The summed E-state index contributed by atoms with van der Waals surface area (Å²) in [5.41, 5.74) is 3.03. The zero-order valence-electron chi connectivity index (χ0n) is 14.7. The van der Waals surface area contributed by atoms with Gasteiger partial charge in [-0.2, -0.15) is 5.10 Å². The van der Waals surface area contributed by atoms with Gasteiger partial charge < -0.3 is 15.2 Å². The molecule has 2 aromatic rings. The number of aromatic amines is 1. The number of rotatable bonds is 4. The van der Waals surface area contributed by atoms with Gasteiger partial charge in [0.05, 0.1) is 18.2 Å². The van der Waals surface area contributed by atoms with Crippen LogP contribution in [0.25, 0.3) is 0 Å². The topological polar surface area (TPSA) is 78.8 Å². The van der Waals surface area contributed by atoms with Crippen LogP contribution in [0.15, 0.2) is 18.7 Å². The Hall–Kier alpha value is -2.15. The van der Waals surface area contributed by atoms with Crippen LogP contribution in [0, 0.1) is 0 Å². The molecule has 7 nitrogen and oxygen atoms in total. The number of carbonyl (C=O) groups excluding carboxylic acids is 1. The number of nitrogens with one attached hydrogen (secondary N) is 2. The first-order valence-corrected chi connectivity index (χ1v) is 9.26. The SMILES string of the molecule is Cn1cc(CN(C(=O)[C@H]2NCCc3[nH]cnc32)C2CCCCC2)cn1. The molecule has 1 aliphatic heterocycles. The van der Waals surface area contributed by atoms with Gasteiger partial charge in [-0.05, 0) is 12.8 Å². The van der Waals surface area contributed by atoms with E-state index in [1.807, 2.05) is 19.4 Å². The number of amides is 1. The first kappa shape index (κ1) is 16.3. The number of hydrogen-bond donors (Lipinski definition) is 2. The minimum absolute atomic E-state index is 0.142. The van der Waals surface area contributed by atoms with E-state index in [4.69, 9.17) is 0 Å². The number of hydrogen-bond acceptors (Lipinski definition) is 4. The molecule has 0 radical (unpaired) electrons. The van der Waals surface area contributed by atoms with Gasteiger partial charge >= 0.3 is 0 Å². The summed E-state index contributed by atoms with van der Waals surface area (Å²) in [4.78, 5) is 23.1.